The molecule has 0 atom stereocenters. The highest BCUT2D eigenvalue weighted by Crippen LogP contribution is 2.51. The van der Waals surface area contributed by atoms with Gasteiger partial charge in [-0.1, -0.05) is 55.7 Å². The number of nitrogens with zero attached hydrogens (tertiary/aromatic N) is 2. The van der Waals surface area contributed by atoms with Crippen LogP contribution in [0.15, 0.2) is 72.9 Å². The monoisotopic (exact) mass is 386 g/mol. The van der Waals surface area contributed by atoms with Crippen molar-refractivity contribution in [2.75, 3.05) is 0 Å². The predicted molar refractivity (Wildman–Crippen MR) is 123 cm³/mol. The molecule has 30 heavy (non-hydrogen) atoms. The first-order valence-electron chi connectivity index (χ1n) is 10.1. The minimum absolute atomic E-state index is 0.191. The fraction of sp³-hybridized carbons (Fsp3) is 0.115. The topological polar surface area (TPSA) is 38.0 Å². The Morgan fingerprint density at radius 1 is 0.867 bits per heavy atom. The first-order valence-corrected chi connectivity index (χ1v) is 10.1. The van der Waals surface area contributed by atoms with Crippen molar-refractivity contribution in [3.63, 3.8) is 0 Å². The molecule has 1 aliphatic carbocycles. The first kappa shape index (κ1) is 17.3. The van der Waals surface area contributed by atoms with Gasteiger partial charge in [0.25, 0.3) is 0 Å². The van der Waals surface area contributed by atoms with E-state index in [1.807, 2.05) is 36.5 Å². The summed E-state index contributed by atoms with van der Waals surface area (Å²) in [6.45, 7) is 4.51. The lowest BCUT2D eigenvalue weighted by molar-refractivity contribution is 0.476. The highest BCUT2D eigenvalue weighted by molar-refractivity contribution is 6.34. The zero-order chi connectivity index (χ0) is 20.6. The summed E-state index contributed by atoms with van der Waals surface area (Å²) in [7, 11) is 6.11. The van der Waals surface area contributed by atoms with E-state index in [1.165, 1.54) is 22.3 Å². The molecule has 2 heterocycles. The number of pyridine rings is 1. The van der Waals surface area contributed by atoms with E-state index in [4.69, 9.17) is 12.8 Å². The molecule has 0 saturated heterocycles. The number of hydrogen-bond acceptors (Lipinski definition) is 2. The van der Waals surface area contributed by atoms with Crippen molar-refractivity contribution in [1.29, 1.82) is 0 Å². The number of hydrogen-bond donors (Lipinski definition) is 1. The van der Waals surface area contributed by atoms with Gasteiger partial charge < -0.3 is 5.11 Å². The van der Waals surface area contributed by atoms with E-state index in [-0.39, 0.29) is 11.2 Å². The summed E-state index contributed by atoms with van der Waals surface area (Å²) < 4.78 is 2.16. The van der Waals surface area contributed by atoms with Crippen LogP contribution < -0.4 is 5.46 Å². The maximum atomic E-state index is 10.3. The highest BCUT2D eigenvalue weighted by atomic mass is 16.3. The average Bonchev–Trinajstić information content (AvgIpc) is 3.17. The Morgan fingerprint density at radius 3 is 2.57 bits per heavy atom. The maximum Gasteiger partial charge on any atom is 0.142 e. The molecule has 5 aromatic rings. The van der Waals surface area contributed by atoms with Crippen molar-refractivity contribution in [2.45, 2.75) is 19.3 Å². The molecule has 0 spiro atoms. The quantitative estimate of drug-likeness (QED) is 0.413. The molecule has 142 valence electrons. The van der Waals surface area contributed by atoms with Gasteiger partial charge >= 0.3 is 0 Å². The maximum absolute atomic E-state index is 10.3. The van der Waals surface area contributed by atoms with Gasteiger partial charge in [-0.3, -0.25) is 4.57 Å². The summed E-state index contributed by atoms with van der Waals surface area (Å²) in [5.74, 6) is 1.12. The van der Waals surface area contributed by atoms with E-state index in [2.05, 4.69) is 48.7 Å². The zero-order valence-electron chi connectivity index (χ0n) is 16.8. The number of phenolic OH excluding ortho intramolecular Hbond substituents is 1. The van der Waals surface area contributed by atoms with Gasteiger partial charge in [-0.15, -0.1) is 0 Å². The van der Waals surface area contributed by atoms with Crippen molar-refractivity contribution in [1.82, 2.24) is 9.55 Å². The molecule has 0 unspecified atom stereocenters. The van der Waals surface area contributed by atoms with Crippen LogP contribution in [0.25, 0.3) is 38.8 Å². The second kappa shape index (κ2) is 5.76. The van der Waals surface area contributed by atoms with Crippen LogP contribution in [-0.4, -0.2) is 22.5 Å². The van der Waals surface area contributed by atoms with Gasteiger partial charge in [0.2, 0.25) is 0 Å². The van der Waals surface area contributed by atoms with E-state index < -0.39 is 0 Å². The van der Waals surface area contributed by atoms with Crippen LogP contribution in [0.4, 0.5) is 0 Å². The SMILES string of the molecule is [B]c1ccc2c(c1)c1ccc(O)cc1n2-c1nccc2c1C(C)(C)c1ccccc1-2. The minimum atomic E-state index is -0.191. The van der Waals surface area contributed by atoms with Gasteiger partial charge in [0.15, 0.2) is 0 Å². The number of fused-ring (bicyclic) bond motifs is 6. The van der Waals surface area contributed by atoms with E-state index in [0.717, 1.165) is 27.6 Å². The number of rotatable bonds is 1. The molecule has 0 fully saturated rings. The molecule has 1 N–H and O–H groups in total. The van der Waals surface area contributed by atoms with Gasteiger partial charge in [-0.05, 0) is 41.0 Å². The molecule has 3 aromatic carbocycles. The first-order chi connectivity index (χ1) is 14.5. The molecule has 1 aliphatic rings. The molecule has 6 rings (SSSR count). The smallest absolute Gasteiger partial charge is 0.142 e. The van der Waals surface area contributed by atoms with Crippen LogP contribution in [0.2, 0.25) is 0 Å². The lowest BCUT2D eigenvalue weighted by Gasteiger charge is -2.24. The van der Waals surface area contributed by atoms with E-state index in [1.54, 1.807) is 6.07 Å². The van der Waals surface area contributed by atoms with Crippen molar-refractivity contribution in [2.24, 2.45) is 0 Å². The van der Waals surface area contributed by atoms with Crippen LogP contribution in [-0.2, 0) is 5.41 Å². The summed E-state index contributed by atoms with van der Waals surface area (Å²) in [5, 5.41) is 12.4. The van der Waals surface area contributed by atoms with Gasteiger partial charge in [-0.2, -0.15) is 0 Å². The molecule has 2 radical (unpaired) electrons. The van der Waals surface area contributed by atoms with E-state index >= 15 is 0 Å². The van der Waals surface area contributed by atoms with Crippen LogP contribution >= 0.6 is 0 Å². The fourth-order valence-electron chi connectivity index (χ4n) is 5.11. The van der Waals surface area contributed by atoms with Crippen molar-refractivity contribution in [3.05, 3.63) is 84.1 Å². The Kier molecular flexibility index (Phi) is 3.33. The Balaban J connectivity index is 1.79. The molecule has 4 heteroatoms. The molecule has 0 bridgehead atoms. The Morgan fingerprint density at radius 2 is 1.70 bits per heavy atom. The molecule has 0 aliphatic heterocycles. The predicted octanol–water partition coefficient (Wildman–Crippen LogP) is 4.98. The second-order valence-electron chi connectivity index (χ2n) is 8.54. The largest absolute Gasteiger partial charge is 0.508 e. The van der Waals surface area contributed by atoms with Crippen LogP contribution in [0.5, 0.6) is 5.75 Å². The molecule has 0 amide bonds. The van der Waals surface area contributed by atoms with Gasteiger partial charge in [0.1, 0.15) is 19.4 Å². The van der Waals surface area contributed by atoms with Gasteiger partial charge in [0.05, 0.1) is 11.0 Å². The number of aromatic hydroxyl groups is 1. The molecule has 3 nitrogen and oxygen atoms in total. The standard InChI is InChI=1S/C26H19BN2O/c1-26(2)21-6-4-3-5-17(21)19-11-12-28-25(24(19)26)29-22-10-7-15(27)13-20(22)18-9-8-16(30)14-23(18)29/h3-14,30H,1-2H3. The average molecular weight is 386 g/mol. The van der Waals surface area contributed by atoms with Gasteiger partial charge in [-0.25, -0.2) is 4.98 Å². The lowest BCUT2D eigenvalue weighted by atomic mass is 9.82. The summed E-state index contributed by atoms with van der Waals surface area (Å²) in [6.07, 6.45) is 1.88. The number of aromatic nitrogens is 2. The third kappa shape index (κ3) is 2.14. The van der Waals surface area contributed by atoms with Crippen LogP contribution in [0.3, 0.4) is 0 Å². The Labute approximate surface area is 176 Å². The van der Waals surface area contributed by atoms with Gasteiger partial charge in [0, 0.05) is 34.0 Å². The molecular weight excluding hydrogens is 367 g/mol. The second-order valence-corrected chi connectivity index (χ2v) is 8.54. The molecule has 0 saturated carbocycles. The lowest BCUT2D eigenvalue weighted by Crippen LogP contribution is -2.18. The van der Waals surface area contributed by atoms with Crippen molar-refractivity contribution >= 4 is 35.1 Å². The number of phenols is 1. The van der Waals surface area contributed by atoms with E-state index in [0.29, 0.717) is 5.46 Å². The number of benzene rings is 3. The zero-order valence-corrected chi connectivity index (χ0v) is 16.8. The molecule has 2 aromatic heterocycles. The minimum Gasteiger partial charge on any atom is -0.508 e. The Hall–Kier alpha value is -3.53. The molecular formula is C26H19BN2O. The Bertz CT molecular complexity index is 1500. The van der Waals surface area contributed by atoms with Crippen LogP contribution in [0, 0.1) is 0 Å². The summed E-state index contributed by atoms with van der Waals surface area (Å²) >= 11 is 0. The fourth-order valence-corrected chi connectivity index (χ4v) is 5.11. The van der Waals surface area contributed by atoms with Crippen LogP contribution in [0.1, 0.15) is 25.0 Å². The summed E-state index contributed by atoms with van der Waals surface area (Å²) in [4.78, 5) is 4.87. The summed E-state index contributed by atoms with van der Waals surface area (Å²) in [5.41, 5.74) is 7.45. The third-order valence-electron chi connectivity index (χ3n) is 6.43. The summed E-state index contributed by atoms with van der Waals surface area (Å²) in [6, 6.07) is 22.1. The van der Waals surface area contributed by atoms with E-state index in [9.17, 15) is 5.11 Å². The van der Waals surface area contributed by atoms with Crippen molar-refractivity contribution in [3.8, 4) is 22.7 Å². The normalized spacial score (nSPS) is 14.2. The highest BCUT2D eigenvalue weighted by Gasteiger charge is 2.38. The third-order valence-corrected chi connectivity index (χ3v) is 6.43. The van der Waals surface area contributed by atoms with Crippen molar-refractivity contribution < 1.29 is 5.11 Å².